The zero-order chi connectivity index (χ0) is 46.0. The second kappa shape index (κ2) is 18.3. The van der Waals surface area contributed by atoms with Crippen molar-refractivity contribution in [3.63, 3.8) is 0 Å². The Hall–Kier alpha value is -6.82. The molecule has 0 radical (unpaired) electrons. The van der Waals surface area contributed by atoms with Crippen LogP contribution in [0, 0.1) is 20.2 Å². The molecule has 0 aliphatic carbocycles. The van der Waals surface area contributed by atoms with Crippen LogP contribution in [-0.2, 0) is 20.2 Å². The number of fused-ring (bicyclic) bond motifs is 10. The molecular weight excluding hydrogens is 865 g/mol. The van der Waals surface area contributed by atoms with Crippen LogP contribution in [0.5, 0.6) is 0 Å². The van der Waals surface area contributed by atoms with E-state index in [1.165, 1.54) is 34.1 Å². The zero-order valence-electron chi connectivity index (χ0n) is 33.4. The molecular formula is C41H38N6O14S2. The van der Waals surface area contributed by atoms with E-state index in [1.807, 2.05) is 24.3 Å². The first kappa shape index (κ1) is 45.7. The summed E-state index contributed by atoms with van der Waals surface area (Å²) in [7, 11) is -7.33. The summed E-state index contributed by atoms with van der Waals surface area (Å²) in [6.07, 6.45) is 2.12. The lowest BCUT2D eigenvalue weighted by atomic mass is 9.95. The van der Waals surface area contributed by atoms with E-state index in [0.717, 1.165) is 10.8 Å². The fraction of sp³-hybridized carbons (Fsp3) is 0.220. The van der Waals surface area contributed by atoms with Crippen LogP contribution in [-0.4, -0.2) is 121 Å². The number of rotatable bonds is 12. The van der Waals surface area contributed by atoms with Gasteiger partial charge in [-0.05, 0) is 76.1 Å². The molecule has 0 saturated carbocycles. The Balaban J connectivity index is 0.000000596. The average Bonchev–Trinajstić information content (AvgIpc) is 3.60. The van der Waals surface area contributed by atoms with Gasteiger partial charge in [0.1, 0.15) is 0 Å². The van der Waals surface area contributed by atoms with Crippen molar-refractivity contribution in [2.24, 2.45) is 0 Å². The van der Waals surface area contributed by atoms with Crippen LogP contribution in [0.2, 0.25) is 0 Å². The molecule has 0 unspecified atom stereocenters. The molecule has 6 aromatic rings. The van der Waals surface area contributed by atoms with Crippen LogP contribution in [0.15, 0.2) is 84.9 Å². The number of nitrogens with one attached hydrogen (secondary N) is 2. The Kier molecular flexibility index (Phi) is 13.2. The Morgan fingerprint density at radius 2 is 0.841 bits per heavy atom. The largest absolute Gasteiger partial charge is 0.315 e. The molecule has 22 heteroatoms. The predicted molar refractivity (Wildman–Crippen MR) is 232 cm³/mol. The summed E-state index contributed by atoms with van der Waals surface area (Å²) < 4.78 is 51.7. The van der Waals surface area contributed by atoms with Crippen LogP contribution in [0.1, 0.15) is 47.9 Å². The van der Waals surface area contributed by atoms with Crippen molar-refractivity contribution in [1.29, 1.82) is 0 Å². The lowest BCUT2D eigenvalue weighted by molar-refractivity contribution is -0.384. The fourth-order valence-corrected chi connectivity index (χ4v) is 7.42. The molecule has 0 bridgehead atoms. The van der Waals surface area contributed by atoms with Gasteiger partial charge < -0.3 is 10.6 Å². The van der Waals surface area contributed by atoms with E-state index in [0.29, 0.717) is 77.4 Å². The van der Waals surface area contributed by atoms with Crippen LogP contribution in [0.3, 0.4) is 0 Å². The van der Waals surface area contributed by atoms with Gasteiger partial charge in [-0.15, -0.1) is 0 Å². The molecule has 20 nitrogen and oxygen atoms in total. The van der Waals surface area contributed by atoms with Crippen molar-refractivity contribution < 1.29 is 55.0 Å². The van der Waals surface area contributed by atoms with Crippen molar-refractivity contribution in [3.8, 4) is 0 Å². The summed E-state index contributed by atoms with van der Waals surface area (Å²) in [6.45, 7) is 2.15. The second-order valence-corrected chi connectivity index (χ2v) is 17.4. The van der Waals surface area contributed by atoms with Gasteiger partial charge in [0.2, 0.25) is 0 Å². The van der Waals surface area contributed by atoms with Gasteiger partial charge in [-0.25, -0.2) is 0 Å². The highest BCUT2D eigenvalue weighted by Gasteiger charge is 2.38. The molecule has 2 aliphatic rings. The summed E-state index contributed by atoms with van der Waals surface area (Å²) in [5.41, 5.74) is 0.858. The van der Waals surface area contributed by atoms with Gasteiger partial charge in [-0.1, -0.05) is 36.4 Å². The number of nitrogens with zero attached hydrogens (tertiary/aromatic N) is 4. The fourth-order valence-electron chi connectivity index (χ4n) is 7.42. The molecule has 8 rings (SSSR count). The van der Waals surface area contributed by atoms with E-state index >= 15 is 0 Å². The molecule has 6 aromatic carbocycles. The monoisotopic (exact) mass is 902 g/mol. The lowest BCUT2D eigenvalue weighted by Crippen LogP contribution is -2.38. The normalized spacial score (nSPS) is 13.6. The van der Waals surface area contributed by atoms with Crippen LogP contribution < -0.4 is 10.6 Å². The Labute approximate surface area is 358 Å². The van der Waals surface area contributed by atoms with E-state index in [1.54, 1.807) is 36.4 Å². The SMILES string of the molecule is CS(=O)(=O)O.CS(=O)(=O)O.O=C1c2ccc3ccc4ccc([N+](=O)[O-])cc4c3c2C(=O)N1CCNCCCNCCN1C(=O)c2ccc3ccc4ccc([N+](=O)[O-])cc4c3c2C1=O. The van der Waals surface area contributed by atoms with E-state index < -0.39 is 53.7 Å². The maximum atomic E-state index is 13.6. The van der Waals surface area contributed by atoms with Gasteiger partial charge in [-0.2, -0.15) is 16.8 Å². The van der Waals surface area contributed by atoms with Crippen molar-refractivity contribution in [2.45, 2.75) is 6.42 Å². The quantitative estimate of drug-likeness (QED) is 0.0326. The first-order chi connectivity index (χ1) is 29.6. The number of amides is 4. The highest BCUT2D eigenvalue weighted by Crippen LogP contribution is 2.38. The summed E-state index contributed by atoms with van der Waals surface area (Å²) in [5, 5.41) is 34.4. The topological polar surface area (TPSA) is 294 Å². The van der Waals surface area contributed by atoms with Crippen molar-refractivity contribution in [1.82, 2.24) is 20.4 Å². The summed E-state index contributed by atoms with van der Waals surface area (Å²) >= 11 is 0. The first-order valence-corrected chi connectivity index (χ1v) is 22.6. The summed E-state index contributed by atoms with van der Waals surface area (Å²) in [6, 6.07) is 23.1. The Morgan fingerprint density at radius 1 is 0.524 bits per heavy atom. The molecule has 0 fully saturated rings. The third-order valence-corrected chi connectivity index (χ3v) is 9.99. The van der Waals surface area contributed by atoms with Gasteiger partial charge in [-0.3, -0.25) is 58.3 Å². The molecule has 4 amide bonds. The summed E-state index contributed by atoms with van der Waals surface area (Å²) in [4.78, 5) is 78.0. The number of non-ortho nitro benzene ring substituents is 2. The molecule has 4 N–H and O–H groups in total. The maximum absolute atomic E-state index is 13.6. The molecule has 2 aliphatic heterocycles. The van der Waals surface area contributed by atoms with Crippen molar-refractivity contribution in [3.05, 3.63) is 127 Å². The zero-order valence-corrected chi connectivity index (χ0v) is 35.1. The Morgan fingerprint density at radius 3 is 1.19 bits per heavy atom. The van der Waals surface area contributed by atoms with Crippen LogP contribution in [0.25, 0.3) is 43.1 Å². The van der Waals surface area contributed by atoms with Gasteiger partial charge in [0.15, 0.2) is 0 Å². The number of carbonyl (C=O) groups is 4. The van der Waals surface area contributed by atoms with Crippen molar-refractivity contribution >= 4 is 98.3 Å². The third-order valence-electron chi connectivity index (χ3n) is 9.99. The number of nitro benzene ring substituents is 2. The van der Waals surface area contributed by atoms with Crippen LogP contribution >= 0.6 is 0 Å². The lowest BCUT2D eigenvalue weighted by Gasteiger charge is -2.15. The third kappa shape index (κ3) is 10.3. The first-order valence-electron chi connectivity index (χ1n) is 18.9. The van der Waals surface area contributed by atoms with Gasteiger partial charge in [0, 0.05) is 61.2 Å². The van der Waals surface area contributed by atoms with Gasteiger partial charge in [0.05, 0.1) is 44.6 Å². The molecule has 2 heterocycles. The molecule has 328 valence electrons. The molecule has 0 spiro atoms. The van der Waals surface area contributed by atoms with E-state index in [-0.39, 0.29) is 46.7 Å². The smallest absolute Gasteiger partial charge is 0.270 e. The highest BCUT2D eigenvalue weighted by atomic mass is 32.2. The number of imide groups is 2. The maximum Gasteiger partial charge on any atom is 0.270 e. The van der Waals surface area contributed by atoms with Crippen molar-refractivity contribution in [2.75, 3.05) is 51.8 Å². The molecule has 63 heavy (non-hydrogen) atoms. The highest BCUT2D eigenvalue weighted by molar-refractivity contribution is 7.85. The molecule has 0 aromatic heterocycles. The minimum Gasteiger partial charge on any atom is -0.315 e. The minimum absolute atomic E-state index is 0.0994. The van der Waals surface area contributed by atoms with Gasteiger partial charge >= 0.3 is 0 Å². The molecule has 0 saturated heterocycles. The number of hydrogen-bond acceptors (Lipinski definition) is 14. The predicted octanol–water partition coefficient (Wildman–Crippen LogP) is 4.59. The summed E-state index contributed by atoms with van der Waals surface area (Å²) in [5.74, 6) is -1.69. The van der Waals surface area contributed by atoms with Crippen LogP contribution in [0.4, 0.5) is 11.4 Å². The standard InChI is InChI=1S/C39H30N6O8.2CH4O3S/c46-36-28-12-8-24-4-2-22-6-10-26(44(50)51)20-30(22)32(24)34(28)38(48)42(36)18-16-40-14-1-15-41-17-19-43-37(47)29-13-9-25-5-3-23-7-11-27(45(52)53)21-31(23)33(25)35(29)39(43)49;2*1-5(2,3)4/h2-13,20-21,40-41H,1,14-19H2;2*1H3,(H,2,3,4). The number of hydrogen-bond donors (Lipinski definition) is 4. The second-order valence-electron chi connectivity index (χ2n) is 14.5. The van der Waals surface area contributed by atoms with E-state index in [9.17, 15) is 56.2 Å². The number of benzene rings is 6. The minimum atomic E-state index is -3.67. The van der Waals surface area contributed by atoms with E-state index in [4.69, 9.17) is 9.11 Å². The number of carbonyl (C=O) groups excluding carboxylic acids is 4. The van der Waals surface area contributed by atoms with Gasteiger partial charge in [0.25, 0.3) is 55.2 Å². The number of nitro groups is 2. The molecule has 0 atom stereocenters. The average molecular weight is 903 g/mol. The van der Waals surface area contributed by atoms with E-state index in [2.05, 4.69) is 10.6 Å². The Bertz CT molecular complexity index is 2920.